The number of pyridine rings is 2. The van der Waals surface area contributed by atoms with E-state index in [-0.39, 0.29) is 46.5 Å². The summed E-state index contributed by atoms with van der Waals surface area (Å²) in [7, 11) is 1.29. The van der Waals surface area contributed by atoms with Gasteiger partial charge in [-0.3, -0.25) is 14.6 Å². The van der Waals surface area contributed by atoms with Gasteiger partial charge in [-0.25, -0.2) is 18.2 Å². The number of benzene rings is 2. The number of nitrogens with zero attached hydrogens (tertiary/aromatic N) is 2. The van der Waals surface area contributed by atoms with Crippen LogP contribution in [0.15, 0.2) is 60.8 Å². The minimum Gasteiger partial charge on any atom is -0.469 e. The fraction of sp³-hybridized carbons (Fsp3) is 0.226. The molecule has 210 valence electrons. The summed E-state index contributed by atoms with van der Waals surface area (Å²) < 4.78 is 49.0. The molecule has 1 aliphatic rings. The summed E-state index contributed by atoms with van der Waals surface area (Å²) in [6.45, 7) is 0. The third-order valence-electron chi connectivity index (χ3n) is 7.04. The number of fused-ring (bicyclic) bond motifs is 4. The summed E-state index contributed by atoms with van der Waals surface area (Å²) in [4.78, 5) is 33.7. The maximum absolute atomic E-state index is 15.2. The Morgan fingerprint density at radius 3 is 2.56 bits per heavy atom. The molecule has 5 rings (SSSR count). The highest BCUT2D eigenvalue weighted by atomic mass is 35.5. The van der Waals surface area contributed by atoms with Gasteiger partial charge >= 0.3 is 5.97 Å². The SMILES string of the molecule is COC(=O)Cc1ccc2c(c1)NC(=O)CCCCC(c1ccc(-c3c(F)ccc(Cl)c3F)cn1)c1ccc(F)c-2n1. The zero-order valence-electron chi connectivity index (χ0n) is 22.0. The van der Waals surface area contributed by atoms with E-state index in [4.69, 9.17) is 16.3 Å². The largest absolute Gasteiger partial charge is 0.469 e. The highest BCUT2D eigenvalue weighted by molar-refractivity contribution is 6.31. The van der Waals surface area contributed by atoms with Crippen LogP contribution in [-0.2, 0) is 20.7 Å². The number of carbonyl (C=O) groups is 2. The monoisotopic (exact) mass is 579 g/mol. The van der Waals surface area contributed by atoms with Crippen LogP contribution in [0.5, 0.6) is 0 Å². The lowest BCUT2D eigenvalue weighted by Gasteiger charge is -2.20. The number of carbonyl (C=O) groups excluding carboxylic acids is 2. The van der Waals surface area contributed by atoms with E-state index in [1.54, 1.807) is 36.4 Å². The van der Waals surface area contributed by atoms with Gasteiger partial charge in [-0.2, -0.15) is 0 Å². The molecule has 6 nitrogen and oxygen atoms in total. The van der Waals surface area contributed by atoms with E-state index in [0.717, 1.165) is 12.1 Å². The molecule has 1 aliphatic heterocycles. The number of hydrogen-bond acceptors (Lipinski definition) is 5. The van der Waals surface area contributed by atoms with Crippen LogP contribution in [-0.4, -0.2) is 29.0 Å². The molecule has 1 atom stereocenters. The molecule has 2 bridgehead atoms. The maximum Gasteiger partial charge on any atom is 0.309 e. The second-order valence-corrected chi connectivity index (χ2v) is 10.1. The molecule has 0 saturated heterocycles. The van der Waals surface area contributed by atoms with E-state index in [0.29, 0.717) is 47.5 Å². The van der Waals surface area contributed by atoms with Crippen molar-refractivity contribution in [3.05, 3.63) is 100 Å². The molecule has 1 amide bonds. The molecule has 0 fully saturated rings. The lowest BCUT2D eigenvalue weighted by molar-refractivity contribution is -0.139. The van der Waals surface area contributed by atoms with Crippen molar-refractivity contribution in [3.63, 3.8) is 0 Å². The first-order valence-electron chi connectivity index (χ1n) is 13.0. The first kappa shape index (κ1) is 28.3. The molecule has 4 aromatic rings. The first-order valence-corrected chi connectivity index (χ1v) is 13.4. The predicted octanol–water partition coefficient (Wildman–Crippen LogP) is 7.24. The molecule has 0 saturated carbocycles. The van der Waals surface area contributed by atoms with Gasteiger partial charge in [0, 0.05) is 35.4 Å². The molecule has 0 aliphatic carbocycles. The third kappa shape index (κ3) is 6.10. The number of rotatable bonds is 4. The number of nitrogens with one attached hydrogen (secondary N) is 1. The third-order valence-corrected chi connectivity index (χ3v) is 7.33. The lowest BCUT2D eigenvalue weighted by atomic mass is 9.91. The molecule has 2 aromatic heterocycles. The van der Waals surface area contributed by atoms with Crippen LogP contribution >= 0.6 is 11.6 Å². The summed E-state index contributed by atoms with van der Waals surface area (Å²) in [5, 5.41) is 2.64. The van der Waals surface area contributed by atoms with Crippen molar-refractivity contribution in [3.8, 4) is 22.4 Å². The molecular weight excluding hydrogens is 555 g/mol. The smallest absolute Gasteiger partial charge is 0.309 e. The van der Waals surface area contributed by atoms with Crippen LogP contribution in [0.25, 0.3) is 22.4 Å². The van der Waals surface area contributed by atoms with E-state index in [1.165, 1.54) is 19.4 Å². The van der Waals surface area contributed by atoms with Gasteiger partial charge in [0.1, 0.15) is 17.3 Å². The van der Waals surface area contributed by atoms with E-state index in [2.05, 4.69) is 15.3 Å². The molecule has 41 heavy (non-hydrogen) atoms. The Kier molecular flexibility index (Phi) is 8.35. The van der Waals surface area contributed by atoms with Crippen LogP contribution < -0.4 is 5.32 Å². The van der Waals surface area contributed by atoms with Crippen molar-refractivity contribution in [2.45, 2.75) is 38.0 Å². The van der Waals surface area contributed by atoms with Gasteiger partial charge in [-0.1, -0.05) is 36.2 Å². The normalized spacial score (nSPS) is 15.2. The average Bonchev–Trinajstić information content (AvgIpc) is 2.96. The number of methoxy groups -OCH3 is 1. The fourth-order valence-corrected chi connectivity index (χ4v) is 5.09. The van der Waals surface area contributed by atoms with Gasteiger partial charge in [0.25, 0.3) is 0 Å². The van der Waals surface area contributed by atoms with Crippen molar-refractivity contribution in [1.29, 1.82) is 0 Å². The highest BCUT2D eigenvalue weighted by Crippen LogP contribution is 2.36. The molecule has 1 N–H and O–H groups in total. The predicted molar refractivity (Wildman–Crippen MR) is 149 cm³/mol. The summed E-state index contributed by atoms with van der Waals surface area (Å²) in [5.41, 5.74) is 2.41. The van der Waals surface area contributed by atoms with Gasteiger partial charge in [0.05, 0.1) is 35.5 Å². The molecule has 10 heteroatoms. The zero-order valence-corrected chi connectivity index (χ0v) is 22.8. The maximum atomic E-state index is 15.2. The summed E-state index contributed by atoms with van der Waals surface area (Å²) in [6.07, 6.45) is 3.37. The van der Waals surface area contributed by atoms with Gasteiger partial charge < -0.3 is 10.1 Å². The molecular formula is C31H25ClF3N3O3. The van der Waals surface area contributed by atoms with Gasteiger partial charge in [0.2, 0.25) is 5.91 Å². The number of anilines is 1. The number of aromatic nitrogens is 2. The van der Waals surface area contributed by atoms with Crippen LogP contribution in [0.2, 0.25) is 5.02 Å². The Bertz CT molecular complexity index is 1630. The second kappa shape index (κ2) is 12.1. The van der Waals surface area contributed by atoms with Crippen LogP contribution in [0.3, 0.4) is 0 Å². The van der Waals surface area contributed by atoms with Crippen molar-refractivity contribution in [1.82, 2.24) is 9.97 Å². The molecule has 1 unspecified atom stereocenters. The summed E-state index contributed by atoms with van der Waals surface area (Å²) in [6, 6.07) is 13.3. The van der Waals surface area contributed by atoms with E-state index >= 15 is 4.39 Å². The Labute approximate surface area is 239 Å². The van der Waals surface area contributed by atoms with Crippen molar-refractivity contribution >= 4 is 29.2 Å². The van der Waals surface area contributed by atoms with Crippen molar-refractivity contribution < 1.29 is 27.5 Å². The second-order valence-electron chi connectivity index (χ2n) is 9.74. The number of halogens is 4. The summed E-state index contributed by atoms with van der Waals surface area (Å²) >= 11 is 5.86. The van der Waals surface area contributed by atoms with Crippen LogP contribution in [0, 0.1) is 17.5 Å². The molecule has 0 spiro atoms. The van der Waals surface area contributed by atoms with E-state index in [9.17, 15) is 18.4 Å². The van der Waals surface area contributed by atoms with Crippen molar-refractivity contribution in [2.75, 3.05) is 12.4 Å². The standard InChI is InChI=1S/C31H25ClF3N3O3/c1-41-28(40)15-17-6-8-20-26(14-17)37-27(39)5-3-2-4-19(25-13-11-23(34)31(20)38-25)24-12-7-18(16-36-24)29-22(33)10-9-21(32)30(29)35/h6-14,16,19H,2-5,15H2,1H3,(H,37,39). The molecule has 0 radical (unpaired) electrons. The van der Waals surface area contributed by atoms with E-state index in [1.807, 2.05) is 0 Å². The summed E-state index contributed by atoms with van der Waals surface area (Å²) in [5.74, 6) is -3.29. The van der Waals surface area contributed by atoms with Crippen molar-refractivity contribution in [2.24, 2.45) is 0 Å². The number of amides is 1. The minimum absolute atomic E-state index is 0.0116. The zero-order chi connectivity index (χ0) is 29.1. The number of hydrogen-bond donors (Lipinski definition) is 1. The Morgan fingerprint density at radius 2 is 1.80 bits per heavy atom. The fourth-order valence-electron chi connectivity index (χ4n) is 4.94. The lowest BCUT2D eigenvalue weighted by Crippen LogP contribution is -2.15. The van der Waals surface area contributed by atoms with Gasteiger partial charge in [-0.05, 0) is 54.8 Å². The Morgan fingerprint density at radius 1 is 1.02 bits per heavy atom. The van der Waals surface area contributed by atoms with Gasteiger partial charge in [0.15, 0.2) is 5.82 Å². The Hall–Kier alpha value is -4.24. The quantitative estimate of drug-likeness (QED) is 0.204. The van der Waals surface area contributed by atoms with Gasteiger partial charge in [-0.15, -0.1) is 0 Å². The molecule has 2 aromatic carbocycles. The van der Waals surface area contributed by atoms with Crippen LogP contribution in [0.1, 0.15) is 48.6 Å². The average molecular weight is 580 g/mol. The topological polar surface area (TPSA) is 81.2 Å². The number of esters is 1. The highest BCUT2D eigenvalue weighted by Gasteiger charge is 2.23. The minimum atomic E-state index is -0.872. The molecule has 3 heterocycles. The van der Waals surface area contributed by atoms with Crippen LogP contribution in [0.4, 0.5) is 18.9 Å². The number of ether oxygens (including phenoxy) is 1. The Balaban J connectivity index is 1.56. The van der Waals surface area contributed by atoms with E-state index < -0.39 is 23.4 Å². The first-order chi connectivity index (χ1) is 19.7.